The fourth-order valence-corrected chi connectivity index (χ4v) is 4.27. The van der Waals surface area contributed by atoms with Crippen molar-refractivity contribution in [3.8, 4) is 0 Å². The van der Waals surface area contributed by atoms with Crippen LogP contribution in [0.1, 0.15) is 23.0 Å². The zero-order chi connectivity index (χ0) is 20.3. The van der Waals surface area contributed by atoms with E-state index in [1.54, 1.807) is 0 Å². The minimum Gasteiger partial charge on any atom is -0.341 e. The topological polar surface area (TPSA) is 35.2 Å². The summed E-state index contributed by atoms with van der Waals surface area (Å²) < 4.78 is 13.3. The number of halogens is 1. The number of rotatable bonds is 5. The summed E-state index contributed by atoms with van der Waals surface area (Å²) in [5.41, 5.74) is 4.51. The number of imidazole rings is 1. The van der Waals surface area contributed by atoms with Crippen molar-refractivity contribution < 1.29 is 4.39 Å². The molecule has 0 spiro atoms. The monoisotopic (exact) mass is 400 g/mol. The molecule has 1 unspecified atom stereocenters. The first kappa shape index (κ1) is 19.0. The van der Waals surface area contributed by atoms with Crippen LogP contribution in [0.3, 0.4) is 0 Å². The van der Waals surface area contributed by atoms with Crippen molar-refractivity contribution in [2.75, 3.05) is 19.6 Å². The van der Waals surface area contributed by atoms with Crippen LogP contribution in [-0.4, -0.2) is 39.4 Å². The molecule has 1 fully saturated rings. The fourth-order valence-electron chi connectivity index (χ4n) is 4.27. The fraction of sp³-hybridized carbons (Fsp3) is 0.240. The van der Waals surface area contributed by atoms with Crippen LogP contribution < -0.4 is 0 Å². The van der Waals surface area contributed by atoms with Gasteiger partial charge in [0.1, 0.15) is 11.6 Å². The van der Waals surface area contributed by atoms with Crippen molar-refractivity contribution in [3.63, 3.8) is 0 Å². The molecule has 1 aliphatic rings. The molecule has 152 valence electrons. The van der Waals surface area contributed by atoms with Gasteiger partial charge in [-0.25, -0.2) is 9.37 Å². The van der Waals surface area contributed by atoms with Crippen LogP contribution in [0.4, 0.5) is 4.39 Å². The molecule has 0 radical (unpaired) electrons. The highest BCUT2D eigenvalue weighted by molar-refractivity contribution is 5.74. The summed E-state index contributed by atoms with van der Waals surface area (Å²) >= 11 is 0. The molecule has 0 saturated carbocycles. The van der Waals surface area contributed by atoms with Gasteiger partial charge in [0, 0.05) is 32.7 Å². The third-order valence-corrected chi connectivity index (χ3v) is 5.85. The molecule has 5 rings (SSSR count). The van der Waals surface area contributed by atoms with Gasteiger partial charge < -0.3 is 4.98 Å². The van der Waals surface area contributed by atoms with Crippen molar-refractivity contribution in [2.24, 2.45) is 0 Å². The molecule has 1 N–H and O–H groups in total. The van der Waals surface area contributed by atoms with E-state index in [4.69, 9.17) is 4.98 Å². The number of aromatic amines is 1. The number of benzene rings is 3. The van der Waals surface area contributed by atoms with E-state index in [2.05, 4.69) is 51.2 Å². The van der Waals surface area contributed by atoms with E-state index in [0.29, 0.717) is 0 Å². The number of piperazine rings is 1. The molecule has 2 heterocycles. The quantitative estimate of drug-likeness (QED) is 0.525. The Morgan fingerprint density at radius 2 is 1.57 bits per heavy atom. The molecular weight excluding hydrogens is 375 g/mol. The Morgan fingerprint density at radius 1 is 0.833 bits per heavy atom. The van der Waals surface area contributed by atoms with Crippen LogP contribution in [0.15, 0.2) is 78.9 Å². The minimum atomic E-state index is -0.194. The molecule has 1 aromatic heterocycles. The Hall–Kier alpha value is -3.02. The van der Waals surface area contributed by atoms with Crippen molar-refractivity contribution >= 4 is 11.0 Å². The molecule has 0 bridgehead atoms. The van der Waals surface area contributed by atoms with E-state index in [1.807, 2.05) is 30.3 Å². The summed E-state index contributed by atoms with van der Waals surface area (Å²) in [6.07, 6.45) is 0. The second-order valence-electron chi connectivity index (χ2n) is 7.97. The predicted octanol–water partition coefficient (Wildman–Crippen LogP) is 4.76. The average molecular weight is 401 g/mol. The summed E-state index contributed by atoms with van der Waals surface area (Å²) in [7, 11) is 0. The normalized spacial score (nSPS) is 18.1. The second kappa shape index (κ2) is 8.38. The number of nitrogens with one attached hydrogen (secondary N) is 1. The molecule has 4 aromatic rings. The Balaban J connectivity index is 1.41. The number of H-pyrrole nitrogens is 1. The number of hydrogen-bond donors (Lipinski definition) is 1. The molecule has 3 aromatic carbocycles. The molecule has 5 heteroatoms. The van der Waals surface area contributed by atoms with Gasteiger partial charge in [0.05, 0.1) is 17.1 Å². The Labute approximate surface area is 176 Å². The SMILES string of the molecule is Fc1ccc(CN2CCN(Cc3ccccc3)CC2c2nc3ccccc3[nH]2)cc1. The van der Waals surface area contributed by atoms with Crippen LogP contribution in [0, 0.1) is 5.82 Å². The summed E-state index contributed by atoms with van der Waals surface area (Å²) in [6, 6.07) is 25.8. The van der Waals surface area contributed by atoms with Crippen molar-refractivity contribution in [1.29, 1.82) is 0 Å². The number of fused-ring (bicyclic) bond motifs is 1. The molecule has 0 aliphatic carbocycles. The van der Waals surface area contributed by atoms with E-state index in [1.165, 1.54) is 17.7 Å². The predicted molar refractivity (Wildman–Crippen MR) is 117 cm³/mol. The minimum absolute atomic E-state index is 0.153. The van der Waals surface area contributed by atoms with Gasteiger partial charge in [-0.15, -0.1) is 0 Å². The summed E-state index contributed by atoms with van der Waals surface area (Å²) in [4.78, 5) is 13.4. The third-order valence-electron chi connectivity index (χ3n) is 5.85. The summed E-state index contributed by atoms with van der Waals surface area (Å²) in [5.74, 6) is 0.802. The van der Waals surface area contributed by atoms with Gasteiger partial charge in [-0.05, 0) is 35.4 Å². The zero-order valence-corrected chi connectivity index (χ0v) is 16.8. The second-order valence-corrected chi connectivity index (χ2v) is 7.97. The van der Waals surface area contributed by atoms with Gasteiger partial charge in [-0.3, -0.25) is 9.80 Å². The molecule has 1 saturated heterocycles. The molecule has 1 aliphatic heterocycles. The first-order chi connectivity index (χ1) is 14.7. The van der Waals surface area contributed by atoms with Crippen molar-refractivity contribution in [2.45, 2.75) is 19.1 Å². The molecule has 0 amide bonds. The van der Waals surface area contributed by atoms with Gasteiger partial charge in [-0.1, -0.05) is 54.6 Å². The van der Waals surface area contributed by atoms with Gasteiger partial charge in [0.2, 0.25) is 0 Å². The number of aromatic nitrogens is 2. The van der Waals surface area contributed by atoms with E-state index in [-0.39, 0.29) is 11.9 Å². The third kappa shape index (κ3) is 4.13. The van der Waals surface area contributed by atoms with Gasteiger partial charge in [-0.2, -0.15) is 0 Å². The average Bonchev–Trinajstić information content (AvgIpc) is 3.21. The maximum Gasteiger partial charge on any atom is 0.126 e. The maximum atomic E-state index is 13.3. The summed E-state index contributed by atoms with van der Waals surface area (Å²) in [5, 5.41) is 0. The Morgan fingerprint density at radius 3 is 2.37 bits per heavy atom. The lowest BCUT2D eigenvalue weighted by molar-refractivity contribution is 0.0597. The standard InChI is InChI=1S/C25H25FN4/c26-21-12-10-20(11-13-21)17-30-15-14-29(16-19-6-2-1-3-7-19)18-24(30)25-27-22-8-4-5-9-23(22)28-25/h1-13,24H,14-18H2,(H,27,28). The number of hydrogen-bond acceptors (Lipinski definition) is 3. The lowest BCUT2D eigenvalue weighted by Crippen LogP contribution is -2.47. The first-order valence-corrected chi connectivity index (χ1v) is 10.4. The van der Waals surface area contributed by atoms with Gasteiger partial charge in [0.15, 0.2) is 0 Å². The van der Waals surface area contributed by atoms with Crippen LogP contribution in [0.2, 0.25) is 0 Å². The smallest absolute Gasteiger partial charge is 0.126 e. The molecular formula is C25H25FN4. The van der Waals surface area contributed by atoms with E-state index < -0.39 is 0 Å². The highest BCUT2D eigenvalue weighted by atomic mass is 19.1. The maximum absolute atomic E-state index is 13.3. The lowest BCUT2D eigenvalue weighted by atomic mass is 10.1. The van der Waals surface area contributed by atoms with Crippen molar-refractivity contribution in [3.05, 3.63) is 102 Å². The van der Waals surface area contributed by atoms with E-state index in [0.717, 1.165) is 55.1 Å². The zero-order valence-electron chi connectivity index (χ0n) is 16.8. The highest BCUT2D eigenvalue weighted by Gasteiger charge is 2.30. The number of nitrogens with zero attached hydrogens (tertiary/aromatic N) is 3. The van der Waals surface area contributed by atoms with Gasteiger partial charge in [0.25, 0.3) is 0 Å². The highest BCUT2D eigenvalue weighted by Crippen LogP contribution is 2.28. The Bertz CT molecular complexity index is 1070. The largest absolute Gasteiger partial charge is 0.341 e. The van der Waals surface area contributed by atoms with E-state index >= 15 is 0 Å². The molecule has 1 atom stereocenters. The van der Waals surface area contributed by atoms with Crippen LogP contribution in [0.25, 0.3) is 11.0 Å². The summed E-state index contributed by atoms with van der Waals surface area (Å²) in [6.45, 7) is 4.54. The van der Waals surface area contributed by atoms with Gasteiger partial charge >= 0.3 is 0 Å². The van der Waals surface area contributed by atoms with E-state index in [9.17, 15) is 4.39 Å². The number of para-hydroxylation sites is 2. The van der Waals surface area contributed by atoms with Crippen LogP contribution in [0.5, 0.6) is 0 Å². The lowest BCUT2D eigenvalue weighted by Gasteiger charge is -2.40. The van der Waals surface area contributed by atoms with Crippen LogP contribution in [-0.2, 0) is 13.1 Å². The van der Waals surface area contributed by atoms with Crippen LogP contribution >= 0.6 is 0 Å². The Kier molecular flexibility index (Phi) is 5.30. The first-order valence-electron chi connectivity index (χ1n) is 10.4. The van der Waals surface area contributed by atoms with Crippen molar-refractivity contribution in [1.82, 2.24) is 19.8 Å². The molecule has 4 nitrogen and oxygen atoms in total. The molecule has 30 heavy (non-hydrogen) atoms.